The third kappa shape index (κ3) is 4.46. The second kappa shape index (κ2) is 7.65. The van der Waals surface area contributed by atoms with Crippen molar-refractivity contribution in [3.63, 3.8) is 0 Å². The molecule has 0 bridgehead atoms. The molecule has 2 aromatic carbocycles. The first kappa shape index (κ1) is 15.3. The summed E-state index contributed by atoms with van der Waals surface area (Å²) in [4.78, 5) is 0. The van der Waals surface area contributed by atoms with Crippen LogP contribution in [-0.4, -0.2) is 0 Å². The van der Waals surface area contributed by atoms with Crippen molar-refractivity contribution in [2.45, 2.75) is 5.92 Å². The average Bonchev–Trinajstić information content (AvgIpc) is 2.83. The van der Waals surface area contributed by atoms with Gasteiger partial charge in [0, 0.05) is 5.92 Å². The van der Waals surface area contributed by atoms with E-state index in [1.54, 1.807) is 0 Å². The Morgan fingerprint density at radius 3 is 2.05 bits per heavy atom. The van der Waals surface area contributed by atoms with Gasteiger partial charge in [-0.1, -0.05) is 66.7 Å². The Labute approximate surface area is 132 Å². The SMILES string of the molecule is C1=CC(c2ccccc2)c2ccccc21.[Cl][Zr]([Cl])[Cl]. The normalized spacial score (nSPS) is 15.4. The van der Waals surface area contributed by atoms with Gasteiger partial charge >= 0.3 is 43.7 Å². The molecule has 0 saturated heterocycles. The molecule has 0 N–H and O–H groups in total. The molecule has 0 saturated carbocycles. The number of benzene rings is 2. The van der Waals surface area contributed by atoms with Crippen molar-refractivity contribution >= 4 is 31.6 Å². The number of fused-ring (bicyclic) bond motifs is 1. The molecule has 0 radical (unpaired) electrons. The van der Waals surface area contributed by atoms with E-state index in [-0.39, 0.29) is 0 Å². The fraction of sp³-hybridized carbons (Fsp3) is 0.0667. The molecule has 19 heavy (non-hydrogen) atoms. The van der Waals surface area contributed by atoms with Gasteiger partial charge in [0.25, 0.3) is 0 Å². The van der Waals surface area contributed by atoms with Gasteiger partial charge in [-0.2, -0.15) is 0 Å². The van der Waals surface area contributed by atoms with Crippen molar-refractivity contribution in [1.82, 2.24) is 0 Å². The van der Waals surface area contributed by atoms with Crippen LogP contribution in [0.2, 0.25) is 0 Å². The molecule has 1 unspecified atom stereocenters. The van der Waals surface area contributed by atoms with Gasteiger partial charge in [-0.05, 0) is 16.7 Å². The molecular weight excluding hydrogens is 378 g/mol. The Bertz CT molecular complexity index is 550. The molecule has 0 aliphatic heterocycles. The summed E-state index contributed by atoms with van der Waals surface area (Å²) >= 11 is -2.13. The minimum absolute atomic E-state index is 0.447. The van der Waals surface area contributed by atoms with Gasteiger partial charge in [0.2, 0.25) is 0 Å². The van der Waals surface area contributed by atoms with E-state index in [1.165, 1.54) is 16.7 Å². The van der Waals surface area contributed by atoms with Crippen LogP contribution in [0.5, 0.6) is 0 Å². The summed E-state index contributed by atoms with van der Waals surface area (Å²) in [6, 6.07) is 19.2. The zero-order valence-electron chi connectivity index (χ0n) is 10.1. The first-order valence-electron chi connectivity index (χ1n) is 5.84. The number of halogens is 3. The molecule has 1 atom stereocenters. The minimum atomic E-state index is -2.13. The fourth-order valence-corrected chi connectivity index (χ4v) is 2.20. The maximum atomic E-state index is 5.00. The molecule has 0 heterocycles. The Morgan fingerprint density at radius 1 is 0.789 bits per heavy atom. The summed E-state index contributed by atoms with van der Waals surface area (Å²) in [5.41, 5.74) is 4.15. The van der Waals surface area contributed by atoms with Crippen LogP contribution in [0.1, 0.15) is 22.6 Å². The topological polar surface area (TPSA) is 0 Å². The molecular formula is C15H12Cl3Zr. The Balaban J connectivity index is 0.000000297. The summed E-state index contributed by atoms with van der Waals surface area (Å²) in [6.45, 7) is 0. The Kier molecular flexibility index (Phi) is 6.17. The van der Waals surface area contributed by atoms with Crippen molar-refractivity contribution in [3.05, 3.63) is 77.4 Å². The number of hydrogen-bond donors (Lipinski definition) is 0. The first-order valence-corrected chi connectivity index (χ1v) is 15.3. The van der Waals surface area contributed by atoms with Crippen molar-refractivity contribution in [2.75, 3.05) is 0 Å². The molecule has 0 nitrogen and oxygen atoms in total. The van der Waals surface area contributed by atoms with Gasteiger partial charge in [-0.25, -0.2) is 0 Å². The van der Waals surface area contributed by atoms with E-state index >= 15 is 0 Å². The standard InChI is InChI=1S/C15H12.3ClH.Zr/c1-2-6-12(7-3-1)15-11-10-13-8-4-5-9-14(13)15;;;;/h1-11,15H;3*1H;/q;;;;+3/p-3. The molecule has 97 valence electrons. The van der Waals surface area contributed by atoms with Crippen LogP contribution in [0.15, 0.2) is 60.7 Å². The van der Waals surface area contributed by atoms with E-state index in [0.717, 1.165) is 0 Å². The summed E-state index contributed by atoms with van der Waals surface area (Å²) in [5, 5.41) is 0. The molecule has 0 fully saturated rings. The summed E-state index contributed by atoms with van der Waals surface area (Å²) in [6.07, 6.45) is 4.49. The van der Waals surface area contributed by atoms with Crippen LogP contribution in [0.3, 0.4) is 0 Å². The zero-order valence-corrected chi connectivity index (χ0v) is 14.8. The van der Waals surface area contributed by atoms with Gasteiger partial charge in [0.15, 0.2) is 0 Å². The number of rotatable bonds is 1. The predicted octanol–water partition coefficient (Wildman–Crippen LogP) is 5.91. The molecule has 4 heteroatoms. The van der Waals surface area contributed by atoms with Crippen LogP contribution in [-0.2, 0) is 18.2 Å². The van der Waals surface area contributed by atoms with E-state index in [4.69, 9.17) is 25.5 Å². The molecule has 0 aromatic heterocycles. The number of allylic oxidation sites excluding steroid dienone is 1. The average molecular weight is 390 g/mol. The second-order valence-electron chi connectivity index (χ2n) is 4.09. The molecule has 1 aliphatic carbocycles. The summed E-state index contributed by atoms with van der Waals surface area (Å²) in [7, 11) is 15.0. The first-order chi connectivity index (χ1) is 9.18. The van der Waals surface area contributed by atoms with Crippen molar-refractivity contribution in [3.8, 4) is 0 Å². The molecule has 1 aliphatic rings. The summed E-state index contributed by atoms with van der Waals surface area (Å²) in [5.74, 6) is 0.447. The maximum absolute atomic E-state index is 5.00. The van der Waals surface area contributed by atoms with E-state index < -0.39 is 18.2 Å². The zero-order chi connectivity index (χ0) is 13.7. The monoisotopic (exact) mass is 387 g/mol. The Morgan fingerprint density at radius 2 is 1.37 bits per heavy atom. The van der Waals surface area contributed by atoms with Crippen molar-refractivity contribution in [1.29, 1.82) is 0 Å². The third-order valence-corrected chi connectivity index (χ3v) is 2.96. The summed E-state index contributed by atoms with van der Waals surface area (Å²) < 4.78 is 0. The van der Waals surface area contributed by atoms with Gasteiger partial charge in [0.1, 0.15) is 0 Å². The van der Waals surface area contributed by atoms with Crippen molar-refractivity contribution < 1.29 is 18.2 Å². The quantitative estimate of drug-likeness (QED) is 0.568. The molecule has 2 aromatic rings. The fourth-order valence-electron chi connectivity index (χ4n) is 2.20. The molecule has 0 spiro atoms. The third-order valence-electron chi connectivity index (χ3n) is 2.96. The number of hydrogen-bond acceptors (Lipinski definition) is 0. The van der Waals surface area contributed by atoms with Crippen LogP contribution in [0.4, 0.5) is 0 Å². The van der Waals surface area contributed by atoms with E-state index in [9.17, 15) is 0 Å². The van der Waals surface area contributed by atoms with Crippen LogP contribution in [0, 0.1) is 0 Å². The van der Waals surface area contributed by atoms with E-state index in [1.807, 2.05) is 0 Å². The van der Waals surface area contributed by atoms with E-state index in [0.29, 0.717) is 5.92 Å². The van der Waals surface area contributed by atoms with Gasteiger partial charge in [0.05, 0.1) is 0 Å². The van der Waals surface area contributed by atoms with E-state index in [2.05, 4.69) is 66.7 Å². The van der Waals surface area contributed by atoms with Crippen LogP contribution < -0.4 is 0 Å². The Hall–Kier alpha value is -0.0669. The predicted molar refractivity (Wildman–Crippen MR) is 81.3 cm³/mol. The van der Waals surface area contributed by atoms with Gasteiger partial charge in [-0.15, -0.1) is 0 Å². The molecule has 0 amide bonds. The van der Waals surface area contributed by atoms with Gasteiger partial charge in [-0.3, -0.25) is 0 Å². The van der Waals surface area contributed by atoms with Crippen molar-refractivity contribution in [2.24, 2.45) is 0 Å². The second-order valence-corrected chi connectivity index (χ2v) is 15.3. The van der Waals surface area contributed by atoms with Crippen LogP contribution in [0.25, 0.3) is 6.08 Å². The molecule has 3 rings (SSSR count). The van der Waals surface area contributed by atoms with Crippen LogP contribution >= 0.6 is 25.5 Å². The van der Waals surface area contributed by atoms with Gasteiger partial charge < -0.3 is 0 Å².